The lowest BCUT2D eigenvalue weighted by Gasteiger charge is -2.11. The zero-order valence-electron chi connectivity index (χ0n) is 9.73. The van der Waals surface area contributed by atoms with Crippen molar-refractivity contribution < 1.29 is 9.53 Å². The smallest absolute Gasteiger partial charge is 0.251 e. The molecular weight excluding hydrogens is 232 g/mol. The fourth-order valence-corrected chi connectivity index (χ4v) is 2.01. The SMILES string of the molecule is COc1ccc2c(c1)C(Nc1cn[nH]c1)C(=O)N2. The Morgan fingerprint density at radius 1 is 1.44 bits per heavy atom. The fourth-order valence-electron chi connectivity index (χ4n) is 2.01. The number of hydrogen-bond acceptors (Lipinski definition) is 4. The van der Waals surface area contributed by atoms with E-state index < -0.39 is 6.04 Å². The molecule has 6 heteroatoms. The Balaban J connectivity index is 1.94. The molecule has 0 saturated carbocycles. The standard InChI is InChI=1S/C12H12N4O2/c1-18-8-2-3-10-9(4-8)11(12(17)16-10)15-7-5-13-14-6-7/h2-6,11,15H,1H3,(H,13,14)(H,16,17). The molecule has 18 heavy (non-hydrogen) atoms. The molecule has 2 aromatic rings. The maximum Gasteiger partial charge on any atom is 0.251 e. The fraction of sp³-hybridized carbons (Fsp3) is 0.167. The van der Waals surface area contributed by atoms with Gasteiger partial charge in [-0.2, -0.15) is 5.10 Å². The van der Waals surface area contributed by atoms with Gasteiger partial charge in [0.15, 0.2) is 0 Å². The molecule has 1 aromatic heterocycles. The average Bonchev–Trinajstić information content (AvgIpc) is 2.99. The number of carbonyl (C=O) groups excluding carboxylic acids is 1. The average molecular weight is 244 g/mol. The van der Waals surface area contributed by atoms with Gasteiger partial charge >= 0.3 is 0 Å². The molecule has 1 aromatic carbocycles. The minimum Gasteiger partial charge on any atom is -0.497 e. The van der Waals surface area contributed by atoms with Crippen molar-refractivity contribution in [2.45, 2.75) is 6.04 Å². The highest BCUT2D eigenvalue weighted by Crippen LogP contribution is 2.35. The van der Waals surface area contributed by atoms with Crippen molar-refractivity contribution in [3.05, 3.63) is 36.2 Å². The van der Waals surface area contributed by atoms with Crippen molar-refractivity contribution in [2.75, 3.05) is 17.7 Å². The number of benzene rings is 1. The molecule has 0 saturated heterocycles. The van der Waals surface area contributed by atoms with Crippen LogP contribution in [-0.2, 0) is 4.79 Å². The number of anilines is 2. The van der Waals surface area contributed by atoms with Crippen molar-refractivity contribution in [1.29, 1.82) is 0 Å². The summed E-state index contributed by atoms with van der Waals surface area (Å²) in [7, 11) is 1.60. The summed E-state index contributed by atoms with van der Waals surface area (Å²) < 4.78 is 5.17. The second-order valence-electron chi connectivity index (χ2n) is 4.01. The van der Waals surface area contributed by atoms with Crippen LogP contribution in [0.25, 0.3) is 0 Å². The first-order chi connectivity index (χ1) is 8.78. The van der Waals surface area contributed by atoms with Crippen LogP contribution in [0.3, 0.4) is 0 Å². The van der Waals surface area contributed by atoms with Gasteiger partial charge < -0.3 is 15.4 Å². The van der Waals surface area contributed by atoms with Gasteiger partial charge in [0.25, 0.3) is 5.91 Å². The molecule has 0 fully saturated rings. The van der Waals surface area contributed by atoms with E-state index in [9.17, 15) is 4.79 Å². The van der Waals surface area contributed by atoms with Crippen molar-refractivity contribution in [3.63, 3.8) is 0 Å². The van der Waals surface area contributed by atoms with E-state index in [4.69, 9.17) is 4.74 Å². The highest BCUT2D eigenvalue weighted by molar-refractivity contribution is 6.04. The monoisotopic (exact) mass is 244 g/mol. The number of ether oxygens (including phenoxy) is 1. The molecule has 1 atom stereocenters. The highest BCUT2D eigenvalue weighted by atomic mass is 16.5. The number of methoxy groups -OCH3 is 1. The molecule has 3 N–H and O–H groups in total. The number of carbonyl (C=O) groups is 1. The van der Waals surface area contributed by atoms with Gasteiger partial charge in [-0.3, -0.25) is 9.89 Å². The molecule has 2 heterocycles. The second-order valence-corrected chi connectivity index (χ2v) is 4.01. The normalized spacial score (nSPS) is 17.2. The summed E-state index contributed by atoms with van der Waals surface area (Å²) in [6.45, 7) is 0. The van der Waals surface area contributed by atoms with E-state index in [0.717, 1.165) is 22.7 Å². The predicted molar refractivity (Wildman–Crippen MR) is 66.6 cm³/mol. The van der Waals surface area contributed by atoms with E-state index in [1.54, 1.807) is 19.5 Å². The van der Waals surface area contributed by atoms with Crippen LogP contribution in [-0.4, -0.2) is 23.2 Å². The summed E-state index contributed by atoms with van der Waals surface area (Å²) in [6.07, 6.45) is 3.33. The Labute approximate surface area is 103 Å². The van der Waals surface area contributed by atoms with Crippen LogP contribution in [0.5, 0.6) is 5.75 Å². The number of rotatable bonds is 3. The molecule has 92 valence electrons. The third-order valence-corrected chi connectivity index (χ3v) is 2.90. The van der Waals surface area contributed by atoms with Crippen LogP contribution >= 0.6 is 0 Å². The number of aromatic amines is 1. The Hall–Kier alpha value is -2.50. The van der Waals surface area contributed by atoms with Crippen LogP contribution in [0.15, 0.2) is 30.6 Å². The van der Waals surface area contributed by atoms with Crippen molar-refractivity contribution in [2.24, 2.45) is 0 Å². The van der Waals surface area contributed by atoms with Crippen LogP contribution in [0.2, 0.25) is 0 Å². The molecule has 0 aliphatic carbocycles. The van der Waals surface area contributed by atoms with E-state index in [1.807, 2.05) is 18.2 Å². The van der Waals surface area contributed by atoms with Gasteiger partial charge in [-0.1, -0.05) is 0 Å². The summed E-state index contributed by atoms with van der Waals surface area (Å²) >= 11 is 0. The molecular formula is C12H12N4O2. The van der Waals surface area contributed by atoms with Crippen LogP contribution in [0.1, 0.15) is 11.6 Å². The van der Waals surface area contributed by atoms with E-state index in [1.165, 1.54) is 0 Å². The lowest BCUT2D eigenvalue weighted by Crippen LogP contribution is -2.19. The Kier molecular flexibility index (Phi) is 2.40. The number of nitrogens with zero attached hydrogens (tertiary/aromatic N) is 1. The first-order valence-electron chi connectivity index (χ1n) is 5.52. The summed E-state index contributed by atoms with van der Waals surface area (Å²) in [6, 6.07) is 5.08. The summed E-state index contributed by atoms with van der Waals surface area (Å²) in [4.78, 5) is 11.9. The topological polar surface area (TPSA) is 79.0 Å². The number of hydrogen-bond donors (Lipinski definition) is 3. The maximum atomic E-state index is 11.9. The molecule has 1 aliphatic rings. The minimum atomic E-state index is -0.423. The highest BCUT2D eigenvalue weighted by Gasteiger charge is 2.30. The second kappa shape index (κ2) is 4.06. The number of nitrogens with one attached hydrogen (secondary N) is 3. The first-order valence-corrected chi connectivity index (χ1v) is 5.52. The van der Waals surface area contributed by atoms with Gasteiger partial charge in [0.2, 0.25) is 0 Å². The van der Waals surface area contributed by atoms with E-state index in [-0.39, 0.29) is 5.91 Å². The van der Waals surface area contributed by atoms with Crippen LogP contribution in [0.4, 0.5) is 11.4 Å². The number of aromatic nitrogens is 2. The third-order valence-electron chi connectivity index (χ3n) is 2.90. The van der Waals surface area contributed by atoms with E-state index >= 15 is 0 Å². The molecule has 0 bridgehead atoms. The van der Waals surface area contributed by atoms with E-state index in [2.05, 4.69) is 20.8 Å². The lowest BCUT2D eigenvalue weighted by molar-refractivity contribution is -0.116. The van der Waals surface area contributed by atoms with E-state index in [0.29, 0.717) is 0 Å². The van der Waals surface area contributed by atoms with Gasteiger partial charge in [0.05, 0.1) is 19.0 Å². The number of H-pyrrole nitrogens is 1. The molecule has 6 nitrogen and oxygen atoms in total. The van der Waals surface area contributed by atoms with Crippen LogP contribution < -0.4 is 15.4 Å². The number of fused-ring (bicyclic) bond motifs is 1. The zero-order valence-corrected chi connectivity index (χ0v) is 9.73. The maximum absolute atomic E-state index is 11.9. The van der Waals surface area contributed by atoms with Gasteiger partial charge in [0, 0.05) is 17.4 Å². The molecule has 0 spiro atoms. The Morgan fingerprint density at radius 3 is 3.06 bits per heavy atom. The largest absolute Gasteiger partial charge is 0.497 e. The quantitative estimate of drug-likeness (QED) is 0.765. The third kappa shape index (κ3) is 1.67. The predicted octanol–water partition coefficient (Wildman–Crippen LogP) is 1.52. The summed E-state index contributed by atoms with van der Waals surface area (Å²) in [5, 5.41) is 12.5. The Bertz CT molecular complexity index is 580. The molecule has 1 amide bonds. The van der Waals surface area contributed by atoms with Crippen LogP contribution in [0, 0.1) is 0 Å². The Morgan fingerprint density at radius 2 is 2.33 bits per heavy atom. The minimum absolute atomic E-state index is 0.0838. The molecule has 1 aliphatic heterocycles. The molecule has 0 radical (unpaired) electrons. The van der Waals surface area contributed by atoms with Gasteiger partial charge in [0.1, 0.15) is 11.8 Å². The van der Waals surface area contributed by atoms with Crippen molar-refractivity contribution in [3.8, 4) is 5.75 Å². The van der Waals surface area contributed by atoms with Crippen molar-refractivity contribution in [1.82, 2.24) is 10.2 Å². The van der Waals surface area contributed by atoms with Gasteiger partial charge in [-0.25, -0.2) is 0 Å². The first kappa shape index (κ1) is 10.6. The molecule has 3 rings (SSSR count). The number of amides is 1. The zero-order chi connectivity index (χ0) is 12.5. The summed E-state index contributed by atoms with van der Waals surface area (Å²) in [5.41, 5.74) is 2.45. The lowest BCUT2D eigenvalue weighted by atomic mass is 10.1. The van der Waals surface area contributed by atoms with Crippen molar-refractivity contribution >= 4 is 17.3 Å². The van der Waals surface area contributed by atoms with Gasteiger partial charge in [-0.05, 0) is 18.2 Å². The van der Waals surface area contributed by atoms with Gasteiger partial charge in [-0.15, -0.1) is 0 Å². The molecule has 1 unspecified atom stereocenters. The summed E-state index contributed by atoms with van der Waals surface area (Å²) in [5.74, 6) is 0.642.